The van der Waals surface area contributed by atoms with Crippen molar-refractivity contribution < 1.29 is 4.79 Å². The third-order valence-electron chi connectivity index (χ3n) is 5.23. The Balaban J connectivity index is 1.72. The molecule has 150 valence electrons. The lowest BCUT2D eigenvalue weighted by Crippen LogP contribution is -2.27. The molecular weight excluding hydrogens is 372 g/mol. The van der Waals surface area contributed by atoms with Gasteiger partial charge in [-0.15, -0.1) is 0 Å². The minimum Gasteiger partial charge on any atom is -0.336 e. The van der Waals surface area contributed by atoms with Crippen LogP contribution in [0.1, 0.15) is 27.2 Å². The summed E-state index contributed by atoms with van der Waals surface area (Å²) in [5.74, 6) is -0.117. The predicted molar refractivity (Wildman–Crippen MR) is 119 cm³/mol. The average Bonchev–Trinajstić information content (AvgIpc) is 3.20. The quantitative estimate of drug-likeness (QED) is 0.486. The van der Waals surface area contributed by atoms with Gasteiger partial charge in [-0.1, -0.05) is 36.4 Å². The number of carbonyl (C=O) groups is 1. The van der Waals surface area contributed by atoms with Gasteiger partial charge in [0.15, 0.2) is 0 Å². The largest absolute Gasteiger partial charge is 0.336 e. The van der Waals surface area contributed by atoms with E-state index in [2.05, 4.69) is 37.0 Å². The van der Waals surface area contributed by atoms with E-state index in [1.54, 1.807) is 30.3 Å². The van der Waals surface area contributed by atoms with Crippen molar-refractivity contribution in [3.8, 4) is 16.9 Å². The van der Waals surface area contributed by atoms with Crippen molar-refractivity contribution in [3.63, 3.8) is 0 Å². The molecule has 0 aliphatic rings. The molecule has 2 aromatic carbocycles. The van der Waals surface area contributed by atoms with E-state index in [0.29, 0.717) is 12.2 Å². The van der Waals surface area contributed by atoms with Crippen LogP contribution in [0.25, 0.3) is 16.9 Å². The molecule has 1 amide bonds. The van der Waals surface area contributed by atoms with Crippen LogP contribution in [0.4, 0.5) is 0 Å². The first-order valence-corrected chi connectivity index (χ1v) is 9.91. The Morgan fingerprint density at radius 3 is 2.43 bits per heavy atom. The molecule has 0 fully saturated rings. The number of nitrogens with zero attached hydrogens (tertiary/aromatic N) is 4. The number of amides is 1. The highest BCUT2D eigenvalue weighted by molar-refractivity contribution is 5.92. The van der Waals surface area contributed by atoms with Gasteiger partial charge in [-0.2, -0.15) is 5.10 Å². The third kappa shape index (κ3) is 4.01. The van der Waals surface area contributed by atoms with Crippen molar-refractivity contribution in [1.82, 2.24) is 19.7 Å². The van der Waals surface area contributed by atoms with Gasteiger partial charge in [0.25, 0.3) is 5.91 Å². The molecule has 0 N–H and O–H groups in total. The molecule has 5 nitrogen and oxygen atoms in total. The molecule has 5 heteroatoms. The van der Waals surface area contributed by atoms with Crippen LogP contribution in [-0.2, 0) is 6.54 Å². The lowest BCUT2D eigenvalue weighted by atomic mass is 10.0. The molecule has 2 heterocycles. The molecule has 0 saturated carbocycles. The molecule has 4 aromatic rings. The molecule has 4 rings (SSSR count). The number of aromatic nitrogens is 3. The van der Waals surface area contributed by atoms with Gasteiger partial charge in [-0.05, 0) is 55.3 Å². The summed E-state index contributed by atoms with van der Waals surface area (Å²) in [5.41, 5.74) is 6.77. The summed E-state index contributed by atoms with van der Waals surface area (Å²) in [5, 5.41) is 4.87. The summed E-state index contributed by atoms with van der Waals surface area (Å²) in [7, 11) is 1.79. The third-order valence-corrected chi connectivity index (χ3v) is 5.23. The number of pyridine rings is 1. The molecule has 0 atom stereocenters. The second-order valence-corrected chi connectivity index (χ2v) is 7.46. The maximum Gasteiger partial charge on any atom is 0.272 e. The second-order valence-electron chi connectivity index (χ2n) is 7.46. The highest BCUT2D eigenvalue weighted by atomic mass is 16.2. The van der Waals surface area contributed by atoms with Crippen LogP contribution in [0, 0.1) is 13.8 Å². The number of hydrogen-bond acceptors (Lipinski definition) is 3. The molecule has 30 heavy (non-hydrogen) atoms. The van der Waals surface area contributed by atoms with Crippen molar-refractivity contribution in [3.05, 3.63) is 102 Å². The standard InChI is InChI=1S/C25H24N4O/c1-18-12-13-20(15-19(18)2)24-21(17-29(27-24)22-9-5-4-6-10-22)16-28(3)25(30)23-11-7-8-14-26-23/h4-15,17H,16H2,1-3H3. The molecule has 0 aliphatic heterocycles. The Kier molecular flexibility index (Phi) is 5.44. The number of aryl methyl sites for hydroxylation is 2. The first kappa shape index (κ1) is 19.6. The Bertz CT molecular complexity index is 1170. The van der Waals surface area contributed by atoms with Gasteiger partial charge in [0.2, 0.25) is 0 Å². The van der Waals surface area contributed by atoms with E-state index < -0.39 is 0 Å². The molecule has 0 aliphatic carbocycles. The Morgan fingerprint density at radius 2 is 1.73 bits per heavy atom. The number of rotatable bonds is 5. The van der Waals surface area contributed by atoms with Gasteiger partial charge in [-0.25, -0.2) is 4.68 Å². The van der Waals surface area contributed by atoms with Crippen LogP contribution in [-0.4, -0.2) is 32.6 Å². The monoisotopic (exact) mass is 396 g/mol. The van der Waals surface area contributed by atoms with Gasteiger partial charge in [-0.3, -0.25) is 9.78 Å². The van der Waals surface area contributed by atoms with Crippen LogP contribution in [0.5, 0.6) is 0 Å². The van der Waals surface area contributed by atoms with Crippen molar-refractivity contribution in [1.29, 1.82) is 0 Å². The normalized spacial score (nSPS) is 10.8. The molecular formula is C25H24N4O. The minimum absolute atomic E-state index is 0.117. The zero-order valence-corrected chi connectivity index (χ0v) is 17.4. The van der Waals surface area contributed by atoms with Crippen LogP contribution in [0.2, 0.25) is 0 Å². The first-order chi connectivity index (χ1) is 14.5. The fourth-order valence-electron chi connectivity index (χ4n) is 3.38. The fourth-order valence-corrected chi connectivity index (χ4v) is 3.38. The molecule has 0 bridgehead atoms. The highest BCUT2D eigenvalue weighted by Gasteiger charge is 2.18. The minimum atomic E-state index is -0.117. The van der Waals surface area contributed by atoms with Gasteiger partial charge >= 0.3 is 0 Å². The Morgan fingerprint density at radius 1 is 0.967 bits per heavy atom. The van der Waals surface area contributed by atoms with E-state index in [1.807, 2.05) is 47.3 Å². The van der Waals surface area contributed by atoms with Crippen LogP contribution < -0.4 is 0 Å². The van der Waals surface area contributed by atoms with E-state index in [-0.39, 0.29) is 5.91 Å². The lowest BCUT2D eigenvalue weighted by molar-refractivity contribution is 0.0779. The summed E-state index contributed by atoms with van der Waals surface area (Å²) in [6.07, 6.45) is 3.64. The topological polar surface area (TPSA) is 51.0 Å². The van der Waals surface area contributed by atoms with Gasteiger partial charge in [0, 0.05) is 37.1 Å². The van der Waals surface area contributed by atoms with E-state index >= 15 is 0 Å². The summed E-state index contributed by atoms with van der Waals surface area (Å²) in [4.78, 5) is 18.7. The van der Waals surface area contributed by atoms with Crippen molar-refractivity contribution in [2.45, 2.75) is 20.4 Å². The predicted octanol–water partition coefficient (Wildman–Crippen LogP) is 4.82. The van der Waals surface area contributed by atoms with Crippen LogP contribution in [0.3, 0.4) is 0 Å². The van der Waals surface area contributed by atoms with Crippen molar-refractivity contribution in [2.75, 3.05) is 7.05 Å². The zero-order valence-electron chi connectivity index (χ0n) is 17.4. The van der Waals surface area contributed by atoms with Gasteiger partial charge in [0.1, 0.15) is 5.69 Å². The van der Waals surface area contributed by atoms with Gasteiger partial charge < -0.3 is 4.90 Å². The Hall–Kier alpha value is -3.73. The molecule has 0 saturated heterocycles. The first-order valence-electron chi connectivity index (χ1n) is 9.91. The second kappa shape index (κ2) is 8.33. The smallest absolute Gasteiger partial charge is 0.272 e. The maximum atomic E-state index is 12.8. The summed E-state index contributed by atoms with van der Waals surface area (Å²) < 4.78 is 1.87. The molecule has 2 aromatic heterocycles. The number of carbonyl (C=O) groups excluding carboxylic acids is 1. The molecule has 0 unspecified atom stereocenters. The zero-order chi connectivity index (χ0) is 21.1. The number of hydrogen-bond donors (Lipinski definition) is 0. The average molecular weight is 396 g/mol. The Labute approximate surface area is 176 Å². The van der Waals surface area contributed by atoms with Crippen molar-refractivity contribution in [2.24, 2.45) is 0 Å². The van der Waals surface area contributed by atoms with Crippen LogP contribution in [0.15, 0.2) is 79.1 Å². The highest BCUT2D eigenvalue weighted by Crippen LogP contribution is 2.27. The van der Waals surface area contributed by atoms with E-state index in [1.165, 1.54) is 11.1 Å². The van der Waals surface area contributed by atoms with E-state index in [9.17, 15) is 4.79 Å². The molecule has 0 radical (unpaired) electrons. The van der Waals surface area contributed by atoms with Gasteiger partial charge in [0.05, 0.1) is 11.4 Å². The fraction of sp³-hybridized carbons (Fsp3) is 0.160. The number of benzene rings is 2. The maximum absolute atomic E-state index is 12.8. The summed E-state index contributed by atoms with van der Waals surface area (Å²) in [6.45, 7) is 4.63. The lowest BCUT2D eigenvalue weighted by Gasteiger charge is -2.16. The van der Waals surface area contributed by atoms with Crippen LogP contribution >= 0.6 is 0 Å². The van der Waals surface area contributed by atoms with E-state index in [0.717, 1.165) is 22.5 Å². The van der Waals surface area contributed by atoms with E-state index in [4.69, 9.17) is 5.10 Å². The molecule has 0 spiro atoms. The summed E-state index contributed by atoms with van der Waals surface area (Å²) in [6, 6.07) is 21.7. The number of para-hydroxylation sites is 1. The SMILES string of the molecule is Cc1ccc(-c2nn(-c3ccccc3)cc2CN(C)C(=O)c2ccccn2)cc1C. The van der Waals surface area contributed by atoms with Crippen molar-refractivity contribution >= 4 is 5.91 Å². The summed E-state index contributed by atoms with van der Waals surface area (Å²) >= 11 is 0.